The number of aromatic nitrogens is 1. The highest BCUT2D eigenvalue weighted by molar-refractivity contribution is 8.01. The van der Waals surface area contributed by atoms with Gasteiger partial charge in [-0.25, -0.2) is 9.78 Å². The first-order valence-electron chi connectivity index (χ1n) is 5.67. The molecule has 6 heteroatoms. The Bertz CT molecular complexity index is 484. The van der Waals surface area contributed by atoms with E-state index in [1.54, 1.807) is 11.8 Å². The number of pyridine rings is 1. The van der Waals surface area contributed by atoms with Crippen molar-refractivity contribution in [3.63, 3.8) is 0 Å². The first-order chi connectivity index (χ1) is 8.53. The molecule has 1 aromatic heterocycles. The van der Waals surface area contributed by atoms with Crippen LogP contribution in [0.2, 0.25) is 0 Å². The fraction of sp³-hybridized carbons (Fsp3) is 0.417. The van der Waals surface area contributed by atoms with E-state index in [0.29, 0.717) is 0 Å². The number of aromatic carboxylic acids is 1. The van der Waals surface area contributed by atoms with Crippen LogP contribution in [-0.2, 0) is 4.79 Å². The third-order valence-corrected chi connectivity index (χ3v) is 4.49. The van der Waals surface area contributed by atoms with Crippen molar-refractivity contribution in [1.82, 2.24) is 4.98 Å². The van der Waals surface area contributed by atoms with Crippen LogP contribution < -0.4 is 5.32 Å². The van der Waals surface area contributed by atoms with E-state index >= 15 is 0 Å². The molecule has 1 atom stereocenters. The number of carboxylic acids is 1. The number of thioether (sulfide) groups is 1. The number of nitrogens with one attached hydrogen (secondary N) is 1. The van der Waals surface area contributed by atoms with Gasteiger partial charge in [0, 0.05) is 6.20 Å². The first-order valence-corrected chi connectivity index (χ1v) is 6.65. The molecule has 1 fully saturated rings. The van der Waals surface area contributed by atoms with Crippen LogP contribution in [0.4, 0.5) is 5.82 Å². The lowest BCUT2D eigenvalue weighted by molar-refractivity contribution is -0.118. The molecule has 1 unspecified atom stereocenters. The standard InChI is InChI=1S/C12H14N2O3S/c1-12(5-3-7-18-12)11(17)14-9-8(10(15)16)4-2-6-13-9/h2,4,6H,3,5,7H2,1H3,(H,15,16)(H,13,14,17). The highest BCUT2D eigenvalue weighted by Gasteiger charge is 2.37. The topological polar surface area (TPSA) is 79.3 Å². The molecule has 0 radical (unpaired) electrons. The maximum Gasteiger partial charge on any atom is 0.339 e. The zero-order chi connectivity index (χ0) is 13.2. The summed E-state index contributed by atoms with van der Waals surface area (Å²) in [6.07, 6.45) is 3.27. The van der Waals surface area contributed by atoms with Crippen molar-refractivity contribution in [3.05, 3.63) is 23.9 Å². The molecule has 1 aliphatic heterocycles. The predicted octanol–water partition coefficient (Wildman–Crippen LogP) is 2.00. The molecule has 0 aromatic carbocycles. The summed E-state index contributed by atoms with van der Waals surface area (Å²) >= 11 is 1.60. The average molecular weight is 266 g/mol. The van der Waals surface area contributed by atoms with Crippen LogP contribution in [0.3, 0.4) is 0 Å². The summed E-state index contributed by atoms with van der Waals surface area (Å²) in [6, 6.07) is 2.96. The third-order valence-electron chi connectivity index (χ3n) is 2.97. The molecule has 1 aromatic rings. The Morgan fingerprint density at radius 1 is 1.56 bits per heavy atom. The maximum atomic E-state index is 12.1. The maximum absolute atomic E-state index is 12.1. The van der Waals surface area contributed by atoms with Crippen molar-refractivity contribution in [2.75, 3.05) is 11.1 Å². The van der Waals surface area contributed by atoms with Gasteiger partial charge >= 0.3 is 5.97 Å². The normalized spacial score (nSPS) is 22.7. The van der Waals surface area contributed by atoms with E-state index in [-0.39, 0.29) is 17.3 Å². The van der Waals surface area contributed by atoms with Gasteiger partial charge in [0.15, 0.2) is 0 Å². The molecule has 5 nitrogen and oxygen atoms in total. The Morgan fingerprint density at radius 3 is 2.94 bits per heavy atom. The molecule has 18 heavy (non-hydrogen) atoms. The molecule has 0 aliphatic carbocycles. The van der Waals surface area contributed by atoms with Crippen molar-refractivity contribution in [2.24, 2.45) is 0 Å². The average Bonchev–Trinajstić information content (AvgIpc) is 2.78. The fourth-order valence-corrected chi connectivity index (χ4v) is 3.09. The van der Waals surface area contributed by atoms with Crippen molar-refractivity contribution < 1.29 is 14.7 Å². The molecule has 1 amide bonds. The summed E-state index contributed by atoms with van der Waals surface area (Å²) in [5.74, 6) is -0.199. The Hall–Kier alpha value is -1.56. The second kappa shape index (κ2) is 4.97. The minimum absolute atomic E-state index is 0.0115. The lowest BCUT2D eigenvalue weighted by Gasteiger charge is -2.21. The van der Waals surface area contributed by atoms with Gasteiger partial charge in [0.05, 0.1) is 4.75 Å². The first kappa shape index (κ1) is 12.9. The van der Waals surface area contributed by atoms with E-state index in [1.807, 2.05) is 6.92 Å². The van der Waals surface area contributed by atoms with Crippen molar-refractivity contribution >= 4 is 29.5 Å². The van der Waals surface area contributed by atoms with Crippen LogP contribution in [-0.4, -0.2) is 32.5 Å². The van der Waals surface area contributed by atoms with E-state index in [0.717, 1.165) is 18.6 Å². The van der Waals surface area contributed by atoms with Gasteiger partial charge in [0.25, 0.3) is 0 Å². The summed E-state index contributed by atoms with van der Waals surface area (Å²) in [6.45, 7) is 1.88. The van der Waals surface area contributed by atoms with Crippen LogP contribution in [0.25, 0.3) is 0 Å². The highest BCUT2D eigenvalue weighted by Crippen LogP contribution is 2.38. The molecule has 2 rings (SSSR count). The third kappa shape index (κ3) is 2.48. The molecule has 0 saturated carbocycles. The molecule has 0 spiro atoms. The molecule has 2 heterocycles. The van der Waals surface area contributed by atoms with Crippen LogP contribution in [0, 0.1) is 0 Å². The van der Waals surface area contributed by atoms with Gasteiger partial charge < -0.3 is 10.4 Å². The van der Waals surface area contributed by atoms with Gasteiger partial charge in [-0.3, -0.25) is 4.79 Å². The second-order valence-electron chi connectivity index (χ2n) is 4.34. The van der Waals surface area contributed by atoms with E-state index in [1.165, 1.54) is 18.3 Å². The highest BCUT2D eigenvalue weighted by atomic mass is 32.2. The van der Waals surface area contributed by atoms with E-state index in [2.05, 4.69) is 10.3 Å². The van der Waals surface area contributed by atoms with Gasteiger partial charge in [-0.1, -0.05) is 0 Å². The number of amides is 1. The Balaban J connectivity index is 2.19. The SMILES string of the molecule is CC1(C(=O)Nc2ncccc2C(=O)O)CCCS1. The Morgan fingerprint density at radius 2 is 2.33 bits per heavy atom. The monoisotopic (exact) mass is 266 g/mol. The number of carbonyl (C=O) groups is 2. The Labute approximate surface area is 109 Å². The van der Waals surface area contributed by atoms with Gasteiger partial charge in [-0.2, -0.15) is 0 Å². The summed E-state index contributed by atoms with van der Waals surface area (Å²) < 4.78 is -0.479. The lowest BCUT2D eigenvalue weighted by atomic mass is 10.0. The van der Waals surface area contributed by atoms with Crippen LogP contribution in [0.1, 0.15) is 30.1 Å². The summed E-state index contributed by atoms with van der Waals surface area (Å²) in [5.41, 5.74) is 0.0115. The smallest absolute Gasteiger partial charge is 0.339 e. The summed E-state index contributed by atoms with van der Waals surface area (Å²) in [5, 5.41) is 11.6. The zero-order valence-corrected chi connectivity index (χ0v) is 10.8. The van der Waals surface area contributed by atoms with Crippen molar-refractivity contribution in [2.45, 2.75) is 24.5 Å². The minimum Gasteiger partial charge on any atom is -0.478 e. The number of anilines is 1. The predicted molar refractivity (Wildman–Crippen MR) is 69.9 cm³/mol. The number of carboxylic acid groups (broad SMARTS) is 1. The van der Waals surface area contributed by atoms with E-state index in [9.17, 15) is 9.59 Å². The molecule has 1 saturated heterocycles. The number of nitrogens with zero attached hydrogens (tertiary/aromatic N) is 1. The molecule has 96 valence electrons. The van der Waals surface area contributed by atoms with Gasteiger partial charge in [0.2, 0.25) is 5.91 Å². The molecule has 2 N–H and O–H groups in total. The number of carbonyl (C=O) groups excluding carboxylic acids is 1. The number of hydrogen-bond acceptors (Lipinski definition) is 4. The molecule has 1 aliphatic rings. The fourth-order valence-electron chi connectivity index (χ4n) is 1.88. The Kier molecular flexibility index (Phi) is 3.56. The van der Waals surface area contributed by atoms with E-state index in [4.69, 9.17) is 5.11 Å². The molecule has 0 bridgehead atoms. The second-order valence-corrected chi connectivity index (χ2v) is 5.94. The van der Waals surface area contributed by atoms with E-state index < -0.39 is 10.7 Å². The summed E-state index contributed by atoms with van der Waals surface area (Å²) in [7, 11) is 0. The van der Waals surface area contributed by atoms with Gasteiger partial charge in [-0.15, -0.1) is 11.8 Å². The number of hydrogen-bond donors (Lipinski definition) is 2. The minimum atomic E-state index is -1.09. The molecular weight excluding hydrogens is 252 g/mol. The lowest BCUT2D eigenvalue weighted by Crippen LogP contribution is -2.35. The van der Waals surface area contributed by atoms with Gasteiger partial charge in [0.1, 0.15) is 11.4 Å². The summed E-state index contributed by atoms with van der Waals surface area (Å²) in [4.78, 5) is 27.1. The quantitative estimate of drug-likeness (QED) is 0.874. The van der Waals surface area contributed by atoms with Crippen molar-refractivity contribution in [1.29, 1.82) is 0 Å². The van der Waals surface area contributed by atoms with Crippen LogP contribution in [0.15, 0.2) is 18.3 Å². The van der Waals surface area contributed by atoms with Crippen LogP contribution in [0.5, 0.6) is 0 Å². The largest absolute Gasteiger partial charge is 0.478 e. The van der Waals surface area contributed by atoms with Crippen molar-refractivity contribution in [3.8, 4) is 0 Å². The number of rotatable bonds is 3. The van der Waals surface area contributed by atoms with Crippen LogP contribution >= 0.6 is 11.8 Å². The van der Waals surface area contributed by atoms with Gasteiger partial charge in [-0.05, 0) is 37.7 Å². The molecular formula is C12H14N2O3S. The zero-order valence-electron chi connectivity index (χ0n) is 9.97.